The van der Waals surface area contributed by atoms with E-state index in [1.807, 2.05) is 0 Å². The van der Waals surface area contributed by atoms with Crippen LogP contribution in [-0.4, -0.2) is 23.0 Å². The number of carbonyl (C=O) groups excluding carboxylic acids is 3. The fourth-order valence-electron chi connectivity index (χ4n) is 2.35. The zero-order valence-electron chi connectivity index (χ0n) is 15.4. The molecular formula is C20H15ClN2O5S. The number of carbonyl (C=O) groups is 3. The van der Waals surface area contributed by atoms with E-state index in [2.05, 4.69) is 10.3 Å². The normalized spacial score (nSPS) is 16.0. The van der Waals surface area contributed by atoms with Crippen molar-refractivity contribution in [1.29, 1.82) is 0 Å². The highest BCUT2D eigenvalue weighted by molar-refractivity contribution is 8.18. The van der Waals surface area contributed by atoms with Gasteiger partial charge in [0.25, 0.3) is 5.91 Å². The number of aliphatic imine (C=N–C) groups is 1. The highest BCUT2D eigenvalue weighted by Crippen LogP contribution is 2.32. The lowest BCUT2D eigenvalue weighted by atomic mass is 10.2. The number of hydrogen-bond donors (Lipinski definition) is 1. The Balaban J connectivity index is 1.85. The van der Waals surface area contributed by atoms with Gasteiger partial charge in [-0.25, -0.2) is 4.99 Å². The minimum atomic E-state index is -0.562. The Bertz CT molecular complexity index is 1050. The number of halogens is 1. The molecule has 148 valence electrons. The van der Waals surface area contributed by atoms with Gasteiger partial charge in [0, 0.05) is 18.9 Å². The van der Waals surface area contributed by atoms with Gasteiger partial charge in [0.2, 0.25) is 0 Å². The second-order valence-corrected chi connectivity index (χ2v) is 7.32. The molecule has 0 unspecified atom stereocenters. The van der Waals surface area contributed by atoms with Gasteiger partial charge >= 0.3 is 11.9 Å². The third kappa shape index (κ3) is 5.69. The molecule has 0 atom stereocenters. The van der Waals surface area contributed by atoms with Crippen LogP contribution in [0.25, 0.3) is 6.08 Å². The summed E-state index contributed by atoms with van der Waals surface area (Å²) in [6.45, 7) is 2.48. The van der Waals surface area contributed by atoms with Gasteiger partial charge in [-0.2, -0.15) is 0 Å². The maximum Gasteiger partial charge on any atom is 0.308 e. The van der Waals surface area contributed by atoms with E-state index >= 15 is 0 Å². The number of amides is 1. The molecule has 1 N–H and O–H groups in total. The highest BCUT2D eigenvalue weighted by atomic mass is 35.5. The Hall–Kier alpha value is -3.10. The minimum absolute atomic E-state index is 0.0838. The van der Waals surface area contributed by atoms with Crippen molar-refractivity contribution in [2.75, 3.05) is 0 Å². The SMILES string of the molecule is CC(=O)Oc1ccc(/C=C2/SC(=Nc3ccc(Cl)cc3)NC2=O)cc1OC(C)=O. The van der Waals surface area contributed by atoms with E-state index in [0.717, 1.165) is 0 Å². The Labute approximate surface area is 175 Å². The fourth-order valence-corrected chi connectivity index (χ4v) is 3.32. The van der Waals surface area contributed by atoms with Gasteiger partial charge in [0.05, 0.1) is 10.6 Å². The van der Waals surface area contributed by atoms with Crippen molar-refractivity contribution in [3.63, 3.8) is 0 Å². The molecule has 0 bridgehead atoms. The molecule has 0 aliphatic carbocycles. The van der Waals surface area contributed by atoms with Crippen molar-refractivity contribution in [2.45, 2.75) is 13.8 Å². The first-order valence-corrected chi connectivity index (χ1v) is 9.55. The van der Waals surface area contributed by atoms with Crippen molar-refractivity contribution in [2.24, 2.45) is 4.99 Å². The van der Waals surface area contributed by atoms with E-state index in [1.165, 1.54) is 37.7 Å². The van der Waals surface area contributed by atoms with Crippen LogP contribution in [0.5, 0.6) is 11.5 Å². The molecule has 1 heterocycles. The van der Waals surface area contributed by atoms with Gasteiger partial charge in [-0.1, -0.05) is 17.7 Å². The van der Waals surface area contributed by atoms with Crippen molar-refractivity contribution >= 4 is 58.1 Å². The lowest BCUT2D eigenvalue weighted by molar-refractivity contribution is -0.134. The summed E-state index contributed by atoms with van der Waals surface area (Å²) < 4.78 is 10.1. The molecule has 2 aromatic rings. The number of nitrogens with one attached hydrogen (secondary N) is 1. The second kappa shape index (κ2) is 8.93. The summed E-state index contributed by atoms with van der Waals surface area (Å²) in [6, 6.07) is 11.5. The third-order valence-electron chi connectivity index (χ3n) is 3.48. The summed E-state index contributed by atoms with van der Waals surface area (Å²) in [4.78, 5) is 39.6. The molecule has 29 heavy (non-hydrogen) atoms. The molecule has 0 spiro atoms. The van der Waals surface area contributed by atoms with Crippen LogP contribution < -0.4 is 14.8 Å². The molecular weight excluding hydrogens is 416 g/mol. The van der Waals surface area contributed by atoms with E-state index in [0.29, 0.717) is 26.3 Å². The number of hydrogen-bond acceptors (Lipinski definition) is 7. The maximum atomic E-state index is 12.3. The minimum Gasteiger partial charge on any atom is -0.423 e. The summed E-state index contributed by atoms with van der Waals surface area (Å²) in [5, 5.41) is 3.72. The fraction of sp³-hybridized carbons (Fsp3) is 0.100. The van der Waals surface area contributed by atoms with Crippen LogP contribution in [0.15, 0.2) is 52.4 Å². The van der Waals surface area contributed by atoms with E-state index < -0.39 is 11.9 Å². The Morgan fingerprint density at radius 3 is 2.34 bits per heavy atom. The first kappa shape index (κ1) is 20.6. The molecule has 1 aliphatic heterocycles. The summed E-state index contributed by atoms with van der Waals surface area (Å²) in [6.07, 6.45) is 1.62. The van der Waals surface area contributed by atoms with E-state index in [1.54, 1.807) is 36.4 Å². The van der Waals surface area contributed by atoms with Crippen molar-refractivity contribution in [3.8, 4) is 11.5 Å². The standard InChI is InChI=1S/C20H15ClN2O5S/c1-11(24)27-16-8-3-13(9-17(16)28-12(2)25)10-18-19(26)23-20(29-18)22-15-6-4-14(21)5-7-15/h3-10H,1-2H3,(H,22,23,26)/b18-10+. The second-order valence-electron chi connectivity index (χ2n) is 5.85. The van der Waals surface area contributed by atoms with Crippen LogP contribution in [0.3, 0.4) is 0 Å². The zero-order chi connectivity index (χ0) is 21.0. The smallest absolute Gasteiger partial charge is 0.308 e. The van der Waals surface area contributed by atoms with Crippen LogP contribution in [0, 0.1) is 0 Å². The molecule has 1 saturated heterocycles. The van der Waals surface area contributed by atoms with Crippen LogP contribution in [0.1, 0.15) is 19.4 Å². The number of ether oxygens (including phenoxy) is 2. The van der Waals surface area contributed by atoms with E-state index in [9.17, 15) is 14.4 Å². The van der Waals surface area contributed by atoms with Crippen LogP contribution in [0.4, 0.5) is 5.69 Å². The summed E-state index contributed by atoms with van der Waals surface area (Å²) >= 11 is 7.03. The lowest BCUT2D eigenvalue weighted by Crippen LogP contribution is -2.19. The van der Waals surface area contributed by atoms with Crippen LogP contribution >= 0.6 is 23.4 Å². The van der Waals surface area contributed by atoms with E-state index in [-0.39, 0.29) is 17.4 Å². The number of thioether (sulfide) groups is 1. The average molecular weight is 431 g/mol. The molecule has 2 aromatic carbocycles. The first-order valence-electron chi connectivity index (χ1n) is 8.36. The monoisotopic (exact) mass is 430 g/mol. The zero-order valence-corrected chi connectivity index (χ0v) is 17.0. The number of rotatable bonds is 4. The molecule has 9 heteroatoms. The molecule has 0 saturated carbocycles. The number of benzene rings is 2. The van der Waals surface area contributed by atoms with E-state index in [4.69, 9.17) is 21.1 Å². The summed E-state index contributed by atoms with van der Waals surface area (Å²) in [5.41, 5.74) is 1.24. The molecule has 0 aromatic heterocycles. The van der Waals surface area contributed by atoms with Crippen LogP contribution in [-0.2, 0) is 14.4 Å². The predicted octanol–water partition coefficient (Wildman–Crippen LogP) is 4.08. The highest BCUT2D eigenvalue weighted by Gasteiger charge is 2.24. The van der Waals surface area contributed by atoms with Gasteiger partial charge in [-0.15, -0.1) is 0 Å². The predicted molar refractivity (Wildman–Crippen MR) is 111 cm³/mol. The van der Waals surface area contributed by atoms with Crippen molar-refractivity contribution < 1.29 is 23.9 Å². The molecule has 1 fully saturated rings. The number of esters is 2. The number of amidine groups is 1. The van der Waals surface area contributed by atoms with Gasteiger partial charge in [0.1, 0.15) is 0 Å². The third-order valence-corrected chi connectivity index (χ3v) is 4.64. The van der Waals surface area contributed by atoms with Crippen molar-refractivity contribution in [3.05, 3.63) is 58.0 Å². The average Bonchev–Trinajstić information content (AvgIpc) is 2.97. The Morgan fingerprint density at radius 1 is 1.03 bits per heavy atom. The van der Waals surface area contributed by atoms with Gasteiger partial charge in [-0.05, 0) is 59.8 Å². The largest absolute Gasteiger partial charge is 0.423 e. The molecule has 1 amide bonds. The molecule has 1 aliphatic rings. The molecule has 7 nitrogen and oxygen atoms in total. The lowest BCUT2D eigenvalue weighted by Gasteiger charge is -2.09. The van der Waals surface area contributed by atoms with Gasteiger partial charge < -0.3 is 14.8 Å². The van der Waals surface area contributed by atoms with Crippen LogP contribution in [0.2, 0.25) is 5.02 Å². The molecule has 0 radical (unpaired) electrons. The van der Waals surface area contributed by atoms with Gasteiger partial charge in [0.15, 0.2) is 16.7 Å². The topological polar surface area (TPSA) is 94.1 Å². The quantitative estimate of drug-likeness (QED) is 0.446. The Kier molecular flexibility index (Phi) is 6.36. The van der Waals surface area contributed by atoms with Crippen molar-refractivity contribution in [1.82, 2.24) is 5.32 Å². The summed E-state index contributed by atoms with van der Waals surface area (Å²) in [5.74, 6) is -1.21. The van der Waals surface area contributed by atoms with Gasteiger partial charge in [-0.3, -0.25) is 14.4 Å². The number of nitrogens with zero attached hydrogens (tertiary/aromatic N) is 1. The maximum absolute atomic E-state index is 12.3. The summed E-state index contributed by atoms with van der Waals surface area (Å²) in [7, 11) is 0. The molecule has 3 rings (SSSR count). The Morgan fingerprint density at radius 2 is 1.69 bits per heavy atom. The first-order chi connectivity index (χ1) is 13.8.